The molecule has 2 aromatic carbocycles. The molecule has 1 atom stereocenters. The van der Waals surface area contributed by atoms with Crippen LogP contribution in [0.25, 0.3) is 0 Å². The molecule has 2 heterocycles. The first-order valence-electron chi connectivity index (χ1n) is 10.8. The zero-order chi connectivity index (χ0) is 24.1. The van der Waals surface area contributed by atoms with Gasteiger partial charge in [-0.3, -0.25) is 9.69 Å². The van der Waals surface area contributed by atoms with Crippen LogP contribution >= 0.6 is 11.3 Å². The van der Waals surface area contributed by atoms with Crippen LogP contribution < -0.4 is 5.32 Å². The number of aryl methyl sites for hydroxylation is 1. The maximum atomic E-state index is 12.8. The number of likely N-dealkylation sites (tertiary alicyclic amines) is 1. The third kappa shape index (κ3) is 5.81. The summed E-state index contributed by atoms with van der Waals surface area (Å²) >= 11 is 1.15. The van der Waals surface area contributed by atoms with E-state index in [1.165, 1.54) is 4.90 Å². The molecular formula is C24H25N3O5S2. The van der Waals surface area contributed by atoms with E-state index < -0.39 is 22.0 Å². The van der Waals surface area contributed by atoms with Gasteiger partial charge in [0.1, 0.15) is 12.6 Å². The van der Waals surface area contributed by atoms with E-state index in [0.717, 1.165) is 22.5 Å². The smallest absolute Gasteiger partial charge is 0.410 e. The molecule has 0 radical (unpaired) electrons. The fraction of sp³-hybridized carbons (Fsp3) is 0.292. The van der Waals surface area contributed by atoms with Crippen LogP contribution in [-0.2, 0) is 31.7 Å². The number of carbonyl (C=O) groups is 2. The SMILES string of the molecule is Cc1ccc(S(=O)(=O)Cc2csc(NC(=O)C3CCCN3C(=O)OCc3ccccc3)n2)cc1. The van der Waals surface area contributed by atoms with Crippen LogP contribution in [0.15, 0.2) is 64.9 Å². The summed E-state index contributed by atoms with van der Waals surface area (Å²) in [6, 6.07) is 15.3. The number of ether oxygens (including phenoxy) is 1. The van der Waals surface area contributed by atoms with Crippen molar-refractivity contribution in [2.24, 2.45) is 0 Å². The van der Waals surface area contributed by atoms with Gasteiger partial charge in [0.05, 0.1) is 16.3 Å². The van der Waals surface area contributed by atoms with Crippen LogP contribution in [0.4, 0.5) is 9.93 Å². The topological polar surface area (TPSA) is 106 Å². The van der Waals surface area contributed by atoms with Crippen molar-refractivity contribution in [2.45, 2.75) is 43.1 Å². The van der Waals surface area contributed by atoms with Gasteiger partial charge >= 0.3 is 6.09 Å². The van der Waals surface area contributed by atoms with E-state index >= 15 is 0 Å². The molecule has 0 bridgehead atoms. The van der Waals surface area contributed by atoms with Gasteiger partial charge in [-0.25, -0.2) is 18.2 Å². The van der Waals surface area contributed by atoms with E-state index in [2.05, 4.69) is 10.3 Å². The summed E-state index contributed by atoms with van der Waals surface area (Å²) < 4.78 is 30.7. The Labute approximate surface area is 202 Å². The molecule has 4 rings (SSSR count). The molecule has 0 saturated carbocycles. The lowest BCUT2D eigenvalue weighted by atomic mass is 10.2. The fourth-order valence-corrected chi connectivity index (χ4v) is 5.78. The monoisotopic (exact) mass is 499 g/mol. The zero-order valence-electron chi connectivity index (χ0n) is 18.6. The largest absolute Gasteiger partial charge is 0.445 e. The standard InChI is InChI=1S/C24H25N3O5S2/c1-17-9-11-20(12-10-17)34(30,31)16-19-15-33-23(25-19)26-22(28)21-8-5-13-27(21)24(29)32-14-18-6-3-2-4-7-18/h2-4,6-7,9-12,15,21H,5,8,13-14,16H2,1H3,(H,25,26,28). The summed E-state index contributed by atoms with van der Waals surface area (Å²) in [5.74, 6) is -0.625. The van der Waals surface area contributed by atoms with E-state index in [1.54, 1.807) is 29.6 Å². The Kier molecular flexibility index (Phi) is 7.28. The first-order chi connectivity index (χ1) is 16.3. The molecule has 10 heteroatoms. The molecule has 3 aromatic rings. The summed E-state index contributed by atoms with van der Waals surface area (Å²) in [4.78, 5) is 31.3. The van der Waals surface area contributed by atoms with Crippen molar-refractivity contribution in [3.05, 3.63) is 76.8 Å². The molecule has 1 unspecified atom stereocenters. The maximum absolute atomic E-state index is 12.8. The quantitative estimate of drug-likeness (QED) is 0.523. The molecule has 8 nitrogen and oxygen atoms in total. The Balaban J connectivity index is 1.35. The van der Waals surface area contributed by atoms with E-state index in [9.17, 15) is 18.0 Å². The third-order valence-corrected chi connectivity index (χ3v) is 7.97. The van der Waals surface area contributed by atoms with E-state index in [0.29, 0.717) is 30.2 Å². The predicted octanol–water partition coefficient (Wildman–Crippen LogP) is 4.17. The van der Waals surface area contributed by atoms with Crippen LogP contribution in [0.1, 0.15) is 29.7 Å². The number of hydrogen-bond acceptors (Lipinski definition) is 7. The fourth-order valence-electron chi connectivity index (χ4n) is 3.70. The highest BCUT2D eigenvalue weighted by molar-refractivity contribution is 7.90. The molecule has 0 spiro atoms. The van der Waals surface area contributed by atoms with Crippen LogP contribution in [0, 0.1) is 6.92 Å². The third-order valence-electron chi connectivity index (χ3n) is 5.49. The highest BCUT2D eigenvalue weighted by Crippen LogP contribution is 2.24. The molecular weight excluding hydrogens is 474 g/mol. The Bertz CT molecular complexity index is 1260. The maximum Gasteiger partial charge on any atom is 0.410 e. The van der Waals surface area contributed by atoms with Gasteiger partial charge in [-0.2, -0.15) is 0 Å². The molecule has 1 aromatic heterocycles. The second-order valence-corrected chi connectivity index (χ2v) is 10.9. The van der Waals surface area contributed by atoms with E-state index in [1.807, 2.05) is 37.3 Å². The number of benzene rings is 2. The van der Waals surface area contributed by atoms with Crippen LogP contribution in [0.5, 0.6) is 0 Å². The van der Waals surface area contributed by atoms with Crippen molar-refractivity contribution in [3.63, 3.8) is 0 Å². The Morgan fingerprint density at radius 2 is 1.88 bits per heavy atom. The van der Waals surface area contributed by atoms with Gasteiger partial charge in [-0.1, -0.05) is 48.0 Å². The average molecular weight is 500 g/mol. The Morgan fingerprint density at radius 3 is 2.62 bits per heavy atom. The van der Waals surface area contributed by atoms with Crippen LogP contribution in [0.2, 0.25) is 0 Å². The van der Waals surface area contributed by atoms with Gasteiger partial charge in [-0.05, 0) is 37.5 Å². The molecule has 1 saturated heterocycles. The molecule has 34 heavy (non-hydrogen) atoms. The average Bonchev–Trinajstić information content (AvgIpc) is 3.48. The number of aromatic nitrogens is 1. The molecule has 1 fully saturated rings. The minimum absolute atomic E-state index is 0.135. The minimum Gasteiger partial charge on any atom is -0.445 e. The van der Waals surface area contributed by atoms with Gasteiger partial charge in [0.2, 0.25) is 5.91 Å². The van der Waals surface area contributed by atoms with Crippen LogP contribution in [0.3, 0.4) is 0 Å². The number of nitrogens with one attached hydrogen (secondary N) is 1. The number of amides is 2. The number of rotatable bonds is 7. The molecule has 2 amide bonds. The number of sulfone groups is 1. The lowest BCUT2D eigenvalue weighted by Crippen LogP contribution is -2.43. The summed E-state index contributed by atoms with van der Waals surface area (Å²) in [7, 11) is -3.55. The Morgan fingerprint density at radius 1 is 1.15 bits per heavy atom. The number of nitrogens with zero attached hydrogens (tertiary/aromatic N) is 2. The summed E-state index contributed by atoms with van der Waals surface area (Å²) in [6.45, 7) is 2.46. The minimum atomic E-state index is -3.55. The Hall–Kier alpha value is -3.24. The van der Waals surface area contributed by atoms with Crippen molar-refractivity contribution in [1.82, 2.24) is 9.88 Å². The number of anilines is 1. The van der Waals surface area contributed by atoms with Crippen molar-refractivity contribution >= 4 is 38.3 Å². The van der Waals surface area contributed by atoms with E-state index in [-0.39, 0.29) is 23.2 Å². The molecule has 1 aliphatic rings. The zero-order valence-corrected chi connectivity index (χ0v) is 20.3. The summed E-state index contributed by atoms with van der Waals surface area (Å²) in [5.41, 5.74) is 2.20. The summed E-state index contributed by atoms with van der Waals surface area (Å²) in [5, 5.41) is 4.63. The number of thiazole rings is 1. The predicted molar refractivity (Wildman–Crippen MR) is 129 cm³/mol. The van der Waals surface area contributed by atoms with Gasteiger partial charge in [0.25, 0.3) is 0 Å². The van der Waals surface area contributed by atoms with Crippen molar-refractivity contribution in [3.8, 4) is 0 Å². The second kappa shape index (κ2) is 10.4. The molecule has 1 N–H and O–H groups in total. The number of carbonyl (C=O) groups excluding carboxylic acids is 2. The highest BCUT2D eigenvalue weighted by atomic mass is 32.2. The second-order valence-electron chi connectivity index (χ2n) is 8.10. The van der Waals surface area contributed by atoms with Crippen LogP contribution in [-0.4, -0.2) is 42.9 Å². The van der Waals surface area contributed by atoms with E-state index in [4.69, 9.17) is 4.74 Å². The van der Waals surface area contributed by atoms with Gasteiger partial charge < -0.3 is 10.1 Å². The first kappa shape index (κ1) is 23.9. The van der Waals surface area contributed by atoms with Crippen molar-refractivity contribution in [1.29, 1.82) is 0 Å². The molecule has 1 aliphatic heterocycles. The van der Waals surface area contributed by atoms with Gasteiger partial charge in [0, 0.05) is 11.9 Å². The first-order valence-corrected chi connectivity index (χ1v) is 13.4. The van der Waals surface area contributed by atoms with Crippen molar-refractivity contribution < 1.29 is 22.7 Å². The lowest BCUT2D eigenvalue weighted by Gasteiger charge is -2.22. The van der Waals surface area contributed by atoms with Gasteiger partial charge in [0.15, 0.2) is 15.0 Å². The normalized spacial score (nSPS) is 15.8. The number of hydrogen-bond donors (Lipinski definition) is 1. The van der Waals surface area contributed by atoms with Crippen molar-refractivity contribution in [2.75, 3.05) is 11.9 Å². The molecule has 178 valence electrons. The highest BCUT2D eigenvalue weighted by Gasteiger charge is 2.35. The summed E-state index contributed by atoms with van der Waals surface area (Å²) in [6.07, 6.45) is 0.675. The lowest BCUT2D eigenvalue weighted by molar-refractivity contribution is -0.120. The van der Waals surface area contributed by atoms with Gasteiger partial charge in [-0.15, -0.1) is 11.3 Å². The molecule has 0 aliphatic carbocycles.